The number of fused-ring (bicyclic) bond motifs is 3. The molecule has 7 rings (SSSR count). The van der Waals surface area contributed by atoms with E-state index in [2.05, 4.69) is 10.3 Å². The van der Waals surface area contributed by atoms with Crippen molar-refractivity contribution in [3.63, 3.8) is 0 Å². The first-order chi connectivity index (χ1) is 20.9. The molecule has 0 radical (unpaired) electrons. The highest BCUT2D eigenvalue weighted by atomic mass is 32.2. The number of carbonyl (C=O) groups excluding carboxylic acids is 3. The molecule has 8 nitrogen and oxygen atoms in total. The maximum atomic E-state index is 13.9. The summed E-state index contributed by atoms with van der Waals surface area (Å²) in [4.78, 5) is 57.4. The number of imide groups is 1. The third-order valence-electron chi connectivity index (χ3n) is 7.77. The maximum absolute atomic E-state index is 13.9. The van der Waals surface area contributed by atoms with Gasteiger partial charge in [-0.3, -0.25) is 19.2 Å². The molecule has 2 N–H and O–H groups in total. The normalized spacial score (nSPS) is 19.3. The van der Waals surface area contributed by atoms with Gasteiger partial charge >= 0.3 is 4.87 Å². The largest absolute Gasteiger partial charge is 0.484 e. The zero-order valence-corrected chi connectivity index (χ0v) is 24.5. The summed E-state index contributed by atoms with van der Waals surface area (Å²) in [5.74, 6) is -1.72. The van der Waals surface area contributed by atoms with Crippen LogP contribution in [-0.4, -0.2) is 34.6 Å². The van der Waals surface area contributed by atoms with Crippen molar-refractivity contribution >= 4 is 63.0 Å². The van der Waals surface area contributed by atoms with Crippen molar-refractivity contribution in [3.8, 4) is 5.75 Å². The molecule has 5 aromatic rings. The van der Waals surface area contributed by atoms with E-state index in [1.165, 1.54) is 16.7 Å². The maximum Gasteiger partial charge on any atom is 0.305 e. The number of amides is 3. The number of ether oxygens (including phenoxy) is 1. The Morgan fingerprint density at radius 1 is 0.930 bits per heavy atom. The number of aromatic amines is 1. The van der Waals surface area contributed by atoms with Gasteiger partial charge in [0.2, 0.25) is 11.8 Å². The second-order valence-electron chi connectivity index (χ2n) is 10.5. The van der Waals surface area contributed by atoms with E-state index >= 15 is 0 Å². The van der Waals surface area contributed by atoms with Crippen LogP contribution in [-0.2, 0) is 14.4 Å². The molecule has 3 heterocycles. The second-order valence-corrected chi connectivity index (χ2v) is 12.7. The second kappa shape index (κ2) is 10.9. The molecule has 43 heavy (non-hydrogen) atoms. The number of anilines is 2. The van der Waals surface area contributed by atoms with Crippen LogP contribution < -0.4 is 19.8 Å². The Morgan fingerprint density at radius 3 is 2.53 bits per heavy atom. The van der Waals surface area contributed by atoms with Crippen molar-refractivity contribution in [1.82, 2.24) is 4.98 Å². The number of nitrogens with zero attached hydrogens (tertiary/aromatic N) is 1. The molecule has 0 aliphatic carbocycles. The standard InChI is InChI=1S/C33H25N3O5S2/c1-18-12-14-21(15-13-18)36-31(38)27-26(28-30(35-33(40)43-28)42-29(27)32(36)39)20-8-4-9-22(16-20)41-17-25(37)34-24-11-5-7-19-6-2-3-10-23(19)24/h2-16,26-27,29H,17H2,1H3,(H,34,37)(H,35,40)/t26-,27-,29+/m0/s1. The molecule has 2 aliphatic heterocycles. The van der Waals surface area contributed by atoms with Crippen molar-refractivity contribution in [3.05, 3.63) is 117 Å². The van der Waals surface area contributed by atoms with E-state index in [0.29, 0.717) is 27.0 Å². The zero-order valence-electron chi connectivity index (χ0n) is 22.9. The highest BCUT2D eigenvalue weighted by molar-refractivity contribution is 8.00. The average molecular weight is 608 g/mol. The fourth-order valence-corrected chi connectivity index (χ4v) is 8.31. The topological polar surface area (TPSA) is 109 Å². The molecule has 1 fully saturated rings. The van der Waals surface area contributed by atoms with Gasteiger partial charge in [-0.2, -0.15) is 0 Å². The number of aromatic nitrogens is 1. The van der Waals surface area contributed by atoms with Gasteiger partial charge in [-0.1, -0.05) is 89.3 Å². The minimum absolute atomic E-state index is 0.222. The summed E-state index contributed by atoms with van der Waals surface area (Å²) < 4.78 is 5.89. The van der Waals surface area contributed by atoms with Crippen molar-refractivity contribution in [2.75, 3.05) is 16.8 Å². The summed E-state index contributed by atoms with van der Waals surface area (Å²) in [7, 11) is 0. The molecule has 214 valence electrons. The van der Waals surface area contributed by atoms with Gasteiger partial charge in [0, 0.05) is 21.9 Å². The summed E-state index contributed by atoms with van der Waals surface area (Å²) >= 11 is 2.29. The van der Waals surface area contributed by atoms with E-state index in [1.807, 2.05) is 67.6 Å². The van der Waals surface area contributed by atoms with Crippen molar-refractivity contribution in [2.24, 2.45) is 5.92 Å². The molecule has 0 bridgehead atoms. The van der Waals surface area contributed by atoms with Crippen LogP contribution in [0.4, 0.5) is 11.4 Å². The molecule has 10 heteroatoms. The Morgan fingerprint density at radius 2 is 1.70 bits per heavy atom. The first kappa shape index (κ1) is 27.2. The minimum Gasteiger partial charge on any atom is -0.484 e. The van der Waals surface area contributed by atoms with E-state index < -0.39 is 17.1 Å². The fourth-order valence-electron chi connectivity index (χ4n) is 5.79. The van der Waals surface area contributed by atoms with Crippen LogP contribution in [0, 0.1) is 12.8 Å². The molecule has 0 saturated carbocycles. The predicted octanol–water partition coefficient (Wildman–Crippen LogP) is 5.71. The van der Waals surface area contributed by atoms with Gasteiger partial charge < -0.3 is 15.0 Å². The van der Waals surface area contributed by atoms with Crippen LogP contribution in [0.25, 0.3) is 10.8 Å². The van der Waals surface area contributed by atoms with Gasteiger partial charge in [-0.05, 0) is 48.2 Å². The van der Waals surface area contributed by atoms with E-state index in [9.17, 15) is 19.2 Å². The SMILES string of the molecule is Cc1ccc(N2C(=O)[C@H]3[C@H](c4cccc(OCC(=O)Nc5cccc6ccccc56)c4)c4sc(=O)[nH]c4S[C@H]3C2=O)cc1. The smallest absolute Gasteiger partial charge is 0.305 e. The Balaban J connectivity index is 1.16. The number of carbonyl (C=O) groups is 3. The lowest BCUT2D eigenvalue weighted by Crippen LogP contribution is -2.32. The summed E-state index contributed by atoms with van der Waals surface area (Å²) in [5, 5.41) is 4.79. The zero-order chi connectivity index (χ0) is 29.7. The number of aryl methyl sites for hydroxylation is 1. The number of hydrogen-bond donors (Lipinski definition) is 2. The van der Waals surface area contributed by atoms with Gasteiger partial charge in [0.05, 0.1) is 16.6 Å². The van der Waals surface area contributed by atoms with Crippen molar-refractivity contribution in [2.45, 2.75) is 23.1 Å². The van der Waals surface area contributed by atoms with Crippen LogP contribution in [0.3, 0.4) is 0 Å². The minimum atomic E-state index is -0.706. The van der Waals surface area contributed by atoms with Crippen LogP contribution in [0.15, 0.2) is 101 Å². The molecule has 3 atom stereocenters. The lowest BCUT2D eigenvalue weighted by Gasteiger charge is -2.30. The Bertz CT molecular complexity index is 1960. The molecule has 2 aliphatic rings. The number of thiazole rings is 1. The first-order valence-electron chi connectivity index (χ1n) is 13.7. The summed E-state index contributed by atoms with van der Waals surface area (Å²) in [5.41, 5.74) is 2.98. The van der Waals surface area contributed by atoms with E-state index in [0.717, 1.165) is 33.2 Å². The van der Waals surface area contributed by atoms with Crippen LogP contribution in [0.1, 0.15) is 21.9 Å². The van der Waals surface area contributed by atoms with Crippen LogP contribution in [0.2, 0.25) is 0 Å². The van der Waals surface area contributed by atoms with Gasteiger partial charge in [0.15, 0.2) is 6.61 Å². The molecule has 0 unspecified atom stereocenters. The monoisotopic (exact) mass is 607 g/mol. The molecule has 1 saturated heterocycles. The molecule has 3 amide bonds. The summed E-state index contributed by atoms with van der Waals surface area (Å²) in [6.45, 7) is 1.72. The molecular formula is C33H25N3O5S2. The van der Waals surface area contributed by atoms with Crippen LogP contribution in [0.5, 0.6) is 5.75 Å². The number of benzene rings is 4. The van der Waals surface area contributed by atoms with Gasteiger partial charge in [0.1, 0.15) is 11.0 Å². The molecule has 1 aromatic heterocycles. The highest BCUT2D eigenvalue weighted by Crippen LogP contribution is 2.53. The lowest BCUT2D eigenvalue weighted by molar-refractivity contribution is -0.122. The highest BCUT2D eigenvalue weighted by Gasteiger charge is 2.56. The third-order valence-corrected chi connectivity index (χ3v) is 10.2. The average Bonchev–Trinajstić information content (AvgIpc) is 3.51. The first-order valence-corrected chi connectivity index (χ1v) is 15.4. The third kappa shape index (κ3) is 4.92. The Labute approximate surface area is 254 Å². The van der Waals surface area contributed by atoms with E-state index in [1.54, 1.807) is 30.3 Å². The quantitative estimate of drug-likeness (QED) is 0.240. The molecule has 4 aromatic carbocycles. The number of rotatable bonds is 6. The van der Waals surface area contributed by atoms with Gasteiger partial charge in [0.25, 0.3) is 5.91 Å². The predicted molar refractivity (Wildman–Crippen MR) is 168 cm³/mol. The Kier molecular flexibility index (Phi) is 6.87. The fraction of sp³-hybridized carbons (Fsp3) is 0.152. The summed E-state index contributed by atoms with van der Waals surface area (Å²) in [6.07, 6.45) is 0. The summed E-state index contributed by atoms with van der Waals surface area (Å²) in [6, 6.07) is 28.0. The number of nitrogens with one attached hydrogen (secondary N) is 2. The van der Waals surface area contributed by atoms with Gasteiger partial charge in [-0.15, -0.1) is 0 Å². The lowest BCUT2D eigenvalue weighted by atomic mass is 9.83. The van der Waals surface area contributed by atoms with Crippen LogP contribution >= 0.6 is 23.1 Å². The van der Waals surface area contributed by atoms with Crippen molar-refractivity contribution < 1.29 is 19.1 Å². The van der Waals surface area contributed by atoms with Gasteiger partial charge in [-0.25, -0.2) is 4.90 Å². The number of H-pyrrole nitrogens is 1. The van der Waals surface area contributed by atoms with E-state index in [-0.39, 0.29) is 29.2 Å². The Hall–Kier alpha value is -4.67. The van der Waals surface area contributed by atoms with Crippen molar-refractivity contribution in [1.29, 1.82) is 0 Å². The van der Waals surface area contributed by atoms with E-state index in [4.69, 9.17) is 4.74 Å². The molecule has 0 spiro atoms. The number of hydrogen-bond acceptors (Lipinski definition) is 7. The molecular weight excluding hydrogens is 583 g/mol. The number of thioether (sulfide) groups is 1.